The van der Waals surface area contributed by atoms with Crippen molar-refractivity contribution in [2.45, 2.75) is 71.0 Å². The summed E-state index contributed by atoms with van der Waals surface area (Å²) in [6, 6.07) is 9.07. The summed E-state index contributed by atoms with van der Waals surface area (Å²) in [7, 11) is 0. The Morgan fingerprint density at radius 1 is 1.14 bits per heavy atom. The monoisotopic (exact) mass is 490 g/mol. The van der Waals surface area contributed by atoms with E-state index in [9.17, 15) is 18.7 Å². The van der Waals surface area contributed by atoms with Crippen molar-refractivity contribution in [3.8, 4) is 0 Å². The summed E-state index contributed by atoms with van der Waals surface area (Å²) in [5, 5.41) is 21.3. The molecule has 0 radical (unpaired) electrons. The summed E-state index contributed by atoms with van der Waals surface area (Å²) in [6.07, 6.45) is 1.61. The summed E-state index contributed by atoms with van der Waals surface area (Å²) in [6.45, 7) is 10.5. The van der Waals surface area contributed by atoms with Crippen molar-refractivity contribution >= 4 is 6.09 Å². The Bertz CT molecular complexity index is 1040. The second-order valence-electron chi connectivity index (χ2n) is 11.2. The molecule has 1 aliphatic rings. The number of aliphatic hydroxyl groups excluding tert-OH is 1. The normalized spacial score (nSPS) is 17.6. The van der Waals surface area contributed by atoms with Gasteiger partial charge in [0.15, 0.2) is 0 Å². The number of aliphatic hydroxyl groups is 2. The third-order valence-electron chi connectivity index (χ3n) is 6.51. The molecule has 1 fully saturated rings. The fourth-order valence-electron chi connectivity index (χ4n) is 4.59. The van der Waals surface area contributed by atoms with Gasteiger partial charge in [0.25, 0.3) is 5.92 Å². The molecule has 0 saturated carbocycles. The van der Waals surface area contributed by atoms with E-state index in [1.807, 2.05) is 31.2 Å². The predicted octanol–water partition coefficient (Wildman–Crippen LogP) is 4.87. The van der Waals surface area contributed by atoms with Crippen LogP contribution in [0.4, 0.5) is 13.6 Å². The molecule has 192 valence electrons. The van der Waals surface area contributed by atoms with Crippen LogP contribution >= 0.6 is 0 Å². The number of aromatic nitrogens is 1. The minimum absolute atomic E-state index is 0.200. The first kappa shape index (κ1) is 27.0. The number of halogens is 2. The molecule has 2 aromatic rings. The van der Waals surface area contributed by atoms with Crippen LogP contribution in [0.15, 0.2) is 42.7 Å². The van der Waals surface area contributed by atoms with Crippen molar-refractivity contribution < 1.29 is 28.5 Å². The van der Waals surface area contributed by atoms with E-state index in [1.54, 1.807) is 20.8 Å². The zero-order valence-corrected chi connectivity index (χ0v) is 21.3. The number of benzene rings is 1. The van der Waals surface area contributed by atoms with Crippen molar-refractivity contribution in [3.05, 3.63) is 65.0 Å². The molecule has 2 heterocycles. The Labute approximate surface area is 205 Å². The number of likely N-dealkylation sites (tertiary alicyclic amines) is 1. The van der Waals surface area contributed by atoms with E-state index >= 15 is 0 Å². The number of hydrogen-bond donors (Lipinski definition) is 2. The van der Waals surface area contributed by atoms with Crippen LogP contribution in [-0.4, -0.2) is 57.4 Å². The second kappa shape index (κ2) is 9.47. The van der Waals surface area contributed by atoms with Gasteiger partial charge in [-0.25, -0.2) is 13.6 Å². The van der Waals surface area contributed by atoms with Crippen LogP contribution in [0.2, 0.25) is 0 Å². The Morgan fingerprint density at radius 2 is 1.74 bits per heavy atom. The number of nitrogens with zero attached hydrogens (tertiary/aromatic N) is 2. The topological polar surface area (TPSA) is 82.9 Å². The Morgan fingerprint density at radius 3 is 2.26 bits per heavy atom. The van der Waals surface area contributed by atoms with E-state index < -0.39 is 41.7 Å². The lowest BCUT2D eigenvalue weighted by atomic mass is 9.62. The Balaban J connectivity index is 2.02. The first-order valence-corrected chi connectivity index (χ1v) is 11.8. The number of carbonyl (C=O) groups is 1. The number of amides is 1. The van der Waals surface area contributed by atoms with E-state index in [1.165, 1.54) is 23.4 Å². The quantitative estimate of drug-likeness (QED) is 0.579. The van der Waals surface area contributed by atoms with E-state index in [4.69, 9.17) is 9.84 Å². The van der Waals surface area contributed by atoms with E-state index in [2.05, 4.69) is 18.8 Å². The molecular weight excluding hydrogens is 454 g/mol. The molecule has 0 spiro atoms. The van der Waals surface area contributed by atoms with Gasteiger partial charge in [-0.1, -0.05) is 45.0 Å². The van der Waals surface area contributed by atoms with E-state index in [0.717, 1.165) is 5.56 Å². The highest BCUT2D eigenvalue weighted by atomic mass is 19.3. The molecule has 2 N–H and O–H groups in total. The third kappa shape index (κ3) is 5.64. The van der Waals surface area contributed by atoms with Gasteiger partial charge < -0.3 is 19.8 Å². The van der Waals surface area contributed by atoms with E-state index in [-0.39, 0.29) is 18.7 Å². The number of carbonyl (C=O) groups excluding carboxylic acids is 1. The minimum Gasteiger partial charge on any atom is -0.444 e. The van der Waals surface area contributed by atoms with Gasteiger partial charge in [-0.2, -0.15) is 0 Å². The molecule has 1 amide bonds. The van der Waals surface area contributed by atoms with E-state index in [0.29, 0.717) is 17.0 Å². The molecule has 0 unspecified atom stereocenters. The molecular formula is C27H36F2N2O4. The van der Waals surface area contributed by atoms with Crippen LogP contribution in [0.3, 0.4) is 0 Å². The molecule has 1 aliphatic heterocycles. The maximum atomic E-state index is 13.9. The number of ether oxygens (including phenoxy) is 1. The first-order chi connectivity index (χ1) is 16.1. The van der Waals surface area contributed by atoms with Gasteiger partial charge in [-0.3, -0.25) is 4.98 Å². The van der Waals surface area contributed by atoms with Gasteiger partial charge in [0, 0.05) is 42.9 Å². The standard InChI is InChI=1S/C27H36F2N2O4/c1-18(2)20-7-9-21(10-8-20)27(34,22-11-19(13-30-14-22)12-26(28,29)17-32)25(6)15-31(16-25)23(33)35-24(3,4)5/h7-11,13-14,18,32,34H,12,15-17H2,1-6H3/t27-/m0/s1. The maximum absolute atomic E-state index is 13.9. The zero-order valence-electron chi connectivity index (χ0n) is 21.3. The van der Waals surface area contributed by atoms with Crippen LogP contribution in [0.1, 0.15) is 69.7 Å². The summed E-state index contributed by atoms with van der Waals surface area (Å²) in [5.41, 5.74) is -0.858. The molecule has 3 rings (SSSR count). The Hall–Kier alpha value is -2.58. The summed E-state index contributed by atoms with van der Waals surface area (Å²) in [5.74, 6) is -3.00. The number of hydrogen-bond acceptors (Lipinski definition) is 5. The lowest BCUT2D eigenvalue weighted by Gasteiger charge is -2.56. The lowest BCUT2D eigenvalue weighted by molar-refractivity contribution is -0.131. The molecule has 35 heavy (non-hydrogen) atoms. The molecule has 0 aliphatic carbocycles. The number of pyridine rings is 1. The Kier molecular flexibility index (Phi) is 7.31. The molecule has 1 aromatic carbocycles. The van der Waals surface area contributed by atoms with Crippen molar-refractivity contribution in [1.29, 1.82) is 0 Å². The average molecular weight is 491 g/mol. The van der Waals surface area contributed by atoms with Crippen LogP contribution in [0.5, 0.6) is 0 Å². The smallest absolute Gasteiger partial charge is 0.410 e. The van der Waals surface area contributed by atoms with Crippen LogP contribution in [0.25, 0.3) is 0 Å². The van der Waals surface area contributed by atoms with Gasteiger partial charge in [0.2, 0.25) is 0 Å². The summed E-state index contributed by atoms with van der Waals surface area (Å²) in [4.78, 5) is 18.3. The van der Waals surface area contributed by atoms with Gasteiger partial charge in [-0.05, 0) is 49.4 Å². The fraction of sp³-hybridized carbons (Fsp3) is 0.556. The predicted molar refractivity (Wildman–Crippen MR) is 129 cm³/mol. The molecule has 6 nitrogen and oxygen atoms in total. The SMILES string of the molecule is CC(C)c1ccc([C@](O)(c2cncc(CC(F)(F)CO)c2)C2(C)CN(C(=O)OC(C)(C)C)C2)cc1. The fourth-order valence-corrected chi connectivity index (χ4v) is 4.59. The third-order valence-corrected chi connectivity index (χ3v) is 6.51. The highest BCUT2D eigenvalue weighted by Gasteiger charge is 2.58. The highest BCUT2D eigenvalue weighted by molar-refractivity contribution is 5.70. The average Bonchev–Trinajstić information content (AvgIpc) is 2.75. The van der Waals surface area contributed by atoms with Crippen molar-refractivity contribution in [2.24, 2.45) is 5.41 Å². The van der Waals surface area contributed by atoms with Crippen LogP contribution in [0, 0.1) is 5.41 Å². The molecule has 0 bridgehead atoms. The summed E-state index contributed by atoms with van der Waals surface area (Å²) < 4.78 is 33.3. The number of alkyl halides is 2. The molecule has 1 aromatic heterocycles. The van der Waals surface area contributed by atoms with Crippen LogP contribution < -0.4 is 0 Å². The maximum Gasteiger partial charge on any atom is 0.410 e. The molecule has 1 saturated heterocycles. The van der Waals surface area contributed by atoms with Gasteiger partial charge in [-0.15, -0.1) is 0 Å². The second-order valence-corrected chi connectivity index (χ2v) is 11.2. The zero-order chi connectivity index (χ0) is 26.2. The lowest BCUT2D eigenvalue weighted by Crippen LogP contribution is -2.66. The van der Waals surface area contributed by atoms with Crippen LogP contribution in [-0.2, 0) is 16.8 Å². The first-order valence-electron chi connectivity index (χ1n) is 11.8. The summed E-state index contributed by atoms with van der Waals surface area (Å²) >= 11 is 0. The van der Waals surface area contributed by atoms with Gasteiger partial charge in [0.05, 0.1) is 0 Å². The van der Waals surface area contributed by atoms with Crippen molar-refractivity contribution in [1.82, 2.24) is 9.88 Å². The molecule has 1 atom stereocenters. The van der Waals surface area contributed by atoms with Crippen molar-refractivity contribution in [3.63, 3.8) is 0 Å². The largest absolute Gasteiger partial charge is 0.444 e. The van der Waals surface area contributed by atoms with Crippen molar-refractivity contribution in [2.75, 3.05) is 19.7 Å². The minimum atomic E-state index is -3.30. The highest BCUT2D eigenvalue weighted by Crippen LogP contribution is 2.51. The van der Waals surface area contributed by atoms with Gasteiger partial charge in [0.1, 0.15) is 17.8 Å². The number of rotatable bonds is 7. The van der Waals surface area contributed by atoms with Gasteiger partial charge >= 0.3 is 6.09 Å². The molecule has 8 heteroatoms.